The summed E-state index contributed by atoms with van der Waals surface area (Å²) < 4.78 is 10.8. The van der Waals surface area contributed by atoms with E-state index in [2.05, 4.69) is 48.7 Å². The summed E-state index contributed by atoms with van der Waals surface area (Å²) in [7, 11) is 5.17. The zero-order valence-corrected chi connectivity index (χ0v) is 19.0. The van der Waals surface area contributed by atoms with Crippen LogP contribution in [-0.4, -0.2) is 62.9 Å². The van der Waals surface area contributed by atoms with E-state index in [9.17, 15) is 0 Å². The summed E-state index contributed by atoms with van der Waals surface area (Å²) in [5.41, 5.74) is 3.22. The number of methoxy groups -OCH3 is 2. The second-order valence-electron chi connectivity index (χ2n) is 7.95. The van der Waals surface area contributed by atoms with Crippen LogP contribution in [0.5, 0.6) is 11.5 Å². The van der Waals surface area contributed by atoms with E-state index in [4.69, 9.17) is 9.47 Å². The molecule has 2 aromatic carbocycles. The van der Waals surface area contributed by atoms with Crippen LogP contribution >= 0.6 is 0 Å². The molecule has 1 unspecified atom stereocenters. The zero-order chi connectivity index (χ0) is 22.3. The van der Waals surface area contributed by atoms with Crippen LogP contribution in [-0.2, 0) is 6.42 Å². The number of aryl methyl sites for hydroxylation is 1. The predicted octanol–water partition coefficient (Wildman–Crippen LogP) is 2.96. The lowest BCUT2D eigenvalue weighted by molar-refractivity contribution is 0.394. The summed E-state index contributed by atoms with van der Waals surface area (Å²) in [6.07, 6.45) is 2.91. The number of benzene rings is 2. The summed E-state index contributed by atoms with van der Waals surface area (Å²) in [6, 6.07) is 14.5. The fourth-order valence-electron chi connectivity index (χ4n) is 4.06. The van der Waals surface area contributed by atoms with Gasteiger partial charge in [0.15, 0.2) is 5.96 Å². The predicted molar refractivity (Wildman–Crippen MR) is 129 cm³/mol. The van der Waals surface area contributed by atoms with E-state index in [1.165, 1.54) is 0 Å². The number of aliphatic imine (C=N–C) groups is 1. The van der Waals surface area contributed by atoms with Crippen LogP contribution < -0.4 is 25.0 Å². The van der Waals surface area contributed by atoms with Crippen LogP contribution in [0, 0.1) is 0 Å². The Bertz CT molecular complexity index is 1010. The van der Waals surface area contributed by atoms with Gasteiger partial charge in [0.2, 0.25) is 0 Å². The number of aromatic amines is 1. The lowest BCUT2D eigenvalue weighted by Crippen LogP contribution is -2.44. The van der Waals surface area contributed by atoms with Crippen molar-refractivity contribution in [1.29, 1.82) is 0 Å². The van der Waals surface area contributed by atoms with E-state index >= 15 is 0 Å². The maximum Gasteiger partial charge on any atom is 0.191 e. The second-order valence-corrected chi connectivity index (χ2v) is 7.95. The van der Waals surface area contributed by atoms with Crippen LogP contribution in [0.3, 0.4) is 0 Å². The monoisotopic (exact) mass is 436 g/mol. The Hall–Kier alpha value is -3.42. The van der Waals surface area contributed by atoms with Crippen molar-refractivity contribution >= 4 is 22.7 Å². The van der Waals surface area contributed by atoms with Crippen LogP contribution in [0.25, 0.3) is 11.0 Å². The molecule has 2 heterocycles. The molecule has 0 amide bonds. The van der Waals surface area contributed by atoms with Gasteiger partial charge in [-0.2, -0.15) is 0 Å². The first-order valence-corrected chi connectivity index (χ1v) is 11.1. The standard InChI is InChI=1S/C24H32N6O2/c1-25-24(26-11-6-9-23-28-21-7-4-5-8-22(21)29-23)27-17-10-12-30(16-17)18-13-19(31-2)15-20(14-18)32-3/h4-5,7-8,13-15,17H,6,9-12,16H2,1-3H3,(H,28,29)(H2,25,26,27). The Labute approximate surface area is 189 Å². The number of fused-ring (bicyclic) bond motifs is 1. The molecule has 8 heteroatoms. The van der Waals surface area contributed by atoms with E-state index in [1.54, 1.807) is 14.2 Å². The van der Waals surface area contributed by atoms with E-state index in [1.807, 2.05) is 31.3 Å². The summed E-state index contributed by atoms with van der Waals surface area (Å²) in [5.74, 6) is 3.47. The molecule has 3 N–H and O–H groups in total. The number of para-hydroxylation sites is 2. The van der Waals surface area contributed by atoms with Crippen molar-refractivity contribution in [3.05, 3.63) is 48.3 Å². The minimum absolute atomic E-state index is 0.328. The fourth-order valence-corrected chi connectivity index (χ4v) is 4.06. The van der Waals surface area contributed by atoms with Crippen molar-refractivity contribution in [2.45, 2.75) is 25.3 Å². The number of hydrogen-bond acceptors (Lipinski definition) is 5. The van der Waals surface area contributed by atoms with E-state index < -0.39 is 0 Å². The highest BCUT2D eigenvalue weighted by atomic mass is 16.5. The summed E-state index contributed by atoms with van der Waals surface area (Å²) in [6.45, 7) is 2.70. The Kier molecular flexibility index (Phi) is 6.99. The average molecular weight is 437 g/mol. The SMILES string of the molecule is CN=C(NCCCc1nc2ccccc2[nH]1)NC1CCN(c2cc(OC)cc(OC)c2)C1. The number of H-pyrrole nitrogens is 1. The molecule has 1 aliphatic rings. The number of ether oxygens (including phenoxy) is 2. The van der Waals surface area contributed by atoms with Crippen molar-refractivity contribution in [2.24, 2.45) is 4.99 Å². The van der Waals surface area contributed by atoms with Gasteiger partial charge in [-0.25, -0.2) is 4.98 Å². The number of anilines is 1. The van der Waals surface area contributed by atoms with Crippen LogP contribution in [0.4, 0.5) is 5.69 Å². The Morgan fingerprint density at radius 3 is 2.69 bits per heavy atom. The van der Waals surface area contributed by atoms with Gasteiger partial charge in [0, 0.05) is 63.0 Å². The molecule has 1 saturated heterocycles. The largest absolute Gasteiger partial charge is 0.497 e. The summed E-state index contributed by atoms with van der Waals surface area (Å²) >= 11 is 0. The third kappa shape index (κ3) is 5.25. The van der Waals surface area contributed by atoms with Gasteiger partial charge in [-0.05, 0) is 25.0 Å². The quantitative estimate of drug-likeness (QED) is 0.286. The average Bonchev–Trinajstić information content (AvgIpc) is 3.47. The van der Waals surface area contributed by atoms with Gasteiger partial charge in [-0.15, -0.1) is 0 Å². The molecule has 1 aromatic heterocycles. The van der Waals surface area contributed by atoms with Crippen LogP contribution in [0.15, 0.2) is 47.5 Å². The van der Waals surface area contributed by atoms with E-state index in [0.717, 1.165) is 78.9 Å². The molecule has 0 saturated carbocycles. The first-order valence-electron chi connectivity index (χ1n) is 11.1. The van der Waals surface area contributed by atoms with Crippen molar-refractivity contribution in [3.63, 3.8) is 0 Å². The minimum atomic E-state index is 0.328. The number of guanidine groups is 1. The number of nitrogens with zero attached hydrogens (tertiary/aromatic N) is 3. The van der Waals surface area contributed by atoms with Crippen LogP contribution in [0.1, 0.15) is 18.7 Å². The fraction of sp³-hybridized carbons (Fsp3) is 0.417. The van der Waals surface area contributed by atoms with Crippen molar-refractivity contribution in [2.75, 3.05) is 45.8 Å². The minimum Gasteiger partial charge on any atom is -0.497 e. The summed E-state index contributed by atoms with van der Waals surface area (Å²) in [5, 5.41) is 6.98. The van der Waals surface area contributed by atoms with E-state index in [-0.39, 0.29) is 0 Å². The molecular formula is C24H32N6O2. The third-order valence-corrected chi connectivity index (χ3v) is 5.78. The molecule has 0 spiro atoms. The van der Waals surface area contributed by atoms with Gasteiger partial charge in [0.25, 0.3) is 0 Å². The molecule has 0 aliphatic carbocycles. The molecule has 1 atom stereocenters. The Morgan fingerprint density at radius 2 is 1.97 bits per heavy atom. The number of hydrogen-bond donors (Lipinski definition) is 3. The number of aromatic nitrogens is 2. The van der Waals surface area contributed by atoms with Crippen LogP contribution in [0.2, 0.25) is 0 Å². The second kappa shape index (κ2) is 10.3. The maximum absolute atomic E-state index is 5.41. The van der Waals surface area contributed by atoms with Crippen molar-refractivity contribution in [1.82, 2.24) is 20.6 Å². The highest BCUT2D eigenvalue weighted by Gasteiger charge is 2.24. The van der Waals surface area contributed by atoms with Gasteiger partial charge in [-0.1, -0.05) is 12.1 Å². The van der Waals surface area contributed by atoms with Crippen molar-refractivity contribution < 1.29 is 9.47 Å². The number of rotatable bonds is 8. The molecule has 8 nitrogen and oxygen atoms in total. The Balaban J connectivity index is 1.24. The Morgan fingerprint density at radius 1 is 1.19 bits per heavy atom. The van der Waals surface area contributed by atoms with Gasteiger partial charge < -0.3 is 30.0 Å². The lowest BCUT2D eigenvalue weighted by atomic mass is 10.2. The van der Waals surface area contributed by atoms with Gasteiger partial charge in [0.05, 0.1) is 25.3 Å². The summed E-state index contributed by atoms with van der Waals surface area (Å²) in [4.78, 5) is 14.8. The highest BCUT2D eigenvalue weighted by molar-refractivity contribution is 5.80. The molecular weight excluding hydrogens is 404 g/mol. The highest BCUT2D eigenvalue weighted by Crippen LogP contribution is 2.30. The molecule has 0 bridgehead atoms. The normalized spacial score (nSPS) is 16.4. The van der Waals surface area contributed by atoms with Gasteiger partial charge in [-0.3, -0.25) is 4.99 Å². The molecule has 32 heavy (non-hydrogen) atoms. The molecule has 4 rings (SSSR count). The molecule has 0 radical (unpaired) electrons. The first kappa shape index (κ1) is 21.8. The molecule has 170 valence electrons. The van der Waals surface area contributed by atoms with E-state index in [0.29, 0.717) is 6.04 Å². The zero-order valence-electron chi connectivity index (χ0n) is 19.0. The molecule has 1 fully saturated rings. The van der Waals surface area contributed by atoms with Gasteiger partial charge in [0.1, 0.15) is 17.3 Å². The van der Waals surface area contributed by atoms with Gasteiger partial charge >= 0.3 is 0 Å². The maximum atomic E-state index is 5.41. The molecule has 3 aromatic rings. The van der Waals surface area contributed by atoms with Crippen molar-refractivity contribution in [3.8, 4) is 11.5 Å². The third-order valence-electron chi connectivity index (χ3n) is 5.78. The molecule has 1 aliphatic heterocycles. The number of imidazole rings is 1. The lowest BCUT2D eigenvalue weighted by Gasteiger charge is -2.21. The number of nitrogens with one attached hydrogen (secondary N) is 3. The topological polar surface area (TPSA) is 86.8 Å². The first-order chi connectivity index (χ1) is 15.7. The smallest absolute Gasteiger partial charge is 0.191 e.